The number of alkyl halides is 1. The molecule has 0 bridgehead atoms. The molecule has 96 valence electrons. The molecule has 17 heavy (non-hydrogen) atoms. The Kier molecular flexibility index (Phi) is 4.83. The van der Waals surface area contributed by atoms with Gasteiger partial charge in [0.1, 0.15) is 5.01 Å². The van der Waals surface area contributed by atoms with Crippen molar-refractivity contribution < 1.29 is 0 Å². The van der Waals surface area contributed by atoms with Gasteiger partial charge < -0.3 is 5.32 Å². The van der Waals surface area contributed by atoms with Crippen molar-refractivity contribution in [3.05, 3.63) is 15.6 Å². The molecule has 1 aromatic rings. The smallest absolute Gasteiger partial charge is 0.107 e. The first-order valence-corrected chi connectivity index (χ1v) is 7.78. The van der Waals surface area contributed by atoms with Gasteiger partial charge in [-0.15, -0.1) is 22.9 Å². The zero-order valence-electron chi connectivity index (χ0n) is 10.6. The van der Waals surface area contributed by atoms with E-state index in [2.05, 4.69) is 24.1 Å². The summed E-state index contributed by atoms with van der Waals surface area (Å²) in [5.41, 5.74) is 1.17. The lowest BCUT2D eigenvalue weighted by Crippen LogP contribution is -2.38. The van der Waals surface area contributed by atoms with Gasteiger partial charge in [-0.1, -0.05) is 12.8 Å². The lowest BCUT2D eigenvalue weighted by atomic mass is 9.86. The maximum Gasteiger partial charge on any atom is 0.107 e. The molecule has 4 heteroatoms. The molecule has 1 heterocycles. The Morgan fingerprint density at radius 2 is 2.12 bits per heavy atom. The summed E-state index contributed by atoms with van der Waals surface area (Å²) in [6, 6.07) is 0.589. The van der Waals surface area contributed by atoms with Gasteiger partial charge in [0.15, 0.2) is 0 Å². The number of thiazole rings is 1. The Labute approximate surface area is 113 Å². The largest absolute Gasteiger partial charge is 0.307 e. The third-order valence-corrected chi connectivity index (χ3v) is 5.16. The summed E-state index contributed by atoms with van der Waals surface area (Å²) in [5, 5.41) is 4.85. The highest BCUT2D eigenvalue weighted by Crippen LogP contribution is 2.26. The van der Waals surface area contributed by atoms with E-state index in [9.17, 15) is 0 Å². The molecule has 0 radical (unpaired) electrons. The van der Waals surface area contributed by atoms with Gasteiger partial charge in [-0.3, -0.25) is 0 Å². The minimum Gasteiger partial charge on any atom is -0.307 e. The van der Waals surface area contributed by atoms with Crippen molar-refractivity contribution in [2.75, 3.05) is 5.88 Å². The highest BCUT2D eigenvalue weighted by Gasteiger charge is 2.23. The number of halogens is 1. The second-order valence-corrected chi connectivity index (χ2v) is 6.53. The predicted octanol–water partition coefficient (Wildman–Crippen LogP) is 3.65. The van der Waals surface area contributed by atoms with E-state index in [-0.39, 0.29) is 0 Å². The molecule has 1 fully saturated rings. The average molecular weight is 273 g/mol. The number of nitrogens with zero attached hydrogens (tertiary/aromatic N) is 1. The summed E-state index contributed by atoms with van der Waals surface area (Å²) in [5.74, 6) is 1.43. The van der Waals surface area contributed by atoms with Crippen molar-refractivity contribution in [1.82, 2.24) is 10.3 Å². The Balaban J connectivity index is 1.88. The van der Waals surface area contributed by atoms with E-state index in [1.165, 1.54) is 41.3 Å². The molecular weight excluding hydrogens is 252 g/mol. The summed E-state index contributed by atoms with van der Waals surface area (Å²) in [7, 11) is 0. The molecule has 2 rings (SSSR count). The molecule has 2 nitrogen and oxygen atoms in total. The summed E-state index contributed by atoms with van der Waals surface area (Å²) in [6.45, 7) is 5.12. The SMILES string of the molecule is Cc1nc(CNC2CCCCC2CCl)sc1C. The van der Waals surface area contributed by atoms with Crippen LogP contribution in [0.3, 0.4) is 0 Å². The summed E-state index contributed by atoms with van der Waals surface area (Å²) in [6.07, 6.45) is 5.21. The second kappa shape index (κ2) is 6.17. The fourth-order valence-electron chi connectivity index (χ4n) is 2.49. The second-order valence-electron chi connectivity index (χ2n) is 4.94. The van der Waals surface area contributed by atoms with Gasteiger partial charge in [0.05, 0.1) is 5.69 Å². The van der Waals surface area contributed by atoms with Gasteiger partial charge in [-0.2, -0.15) is 0 Å². The van der Waals surface area contributed by atoms with Crippen LogP contribution >= 0.6 is 22.9 Å². The van der Waals surface area contributed by atoms with Gasteiger partial charge in [-0.25, -0.2) is 4.98 Å². The van der Waals surface area contributed by atoms with Crippen molar-refractivity contribution in [1.29, 1.82) is 0 Å². The zero-order valence-corrected chi connectivity index (χ0v) is 12.2. The van der Waals surface area contributed by atoms with Gasteiger partial charge in [-0.05, 0) is 32.6 Å². The van der Waals surface area contributed by atoms with E-state index >= 15 is 0 Å². The van der Waals surface area contributed by atoms with Crippen LogP contribution in [0.4, 0.5) is 0 Å². The molecule has 2 unspecified atom stereocenters. The molecule has 1 aliphatic carbocycles. The number of nitrogens with one attached hydrogen (secondary N) is 1. The molecule has 1 aromatic heterocycles. The number of aryl methyl sites for hydroxylation is 2. The molecule has 0 aliphatic heterocycles. The quantitative estimate of drug-likeness (QED) is 0.847. The van der Waals surface area contributed by atoms with Crippen molar-refractivity contribution in [3.63, 3.8) is 0 Å². The molecule has 1 N–H and O–H groups in total. The average Bonchev–Trinajstić information content (AvgIpc) is 2.66. The van der Waals surface area contributed by atoms with E-state index in [4.69, 9.17) is 11.6 Å². The molecule has 1 aliphatic rings. The monoisotopic (exact) mass is 272 g/mol. The molecule has 2 atom stereocenters. The zero-order chi connectivity index (χ0) is 12.3. The Morgan fingerprint density at radius 3 is 2.76 bits per heavy atom. The van der Waals surface area contributed by atoms with Crippen LogP contribution in [0.1, 0.15) is 41.3 Å². The number of hydrogen-bond donors (Lipinski definition) is 1. The van der Waals surface area contributed by atoms with Crippen LogP contribution in [-0.4, -0.2) is 16.9 Å². The van der Waals surface area contributed by atoms with Crippen LogP contribution in [0, 0.1) is 19.8 Å². The predicted molar refractivity (Wildman–Crippen MR) is 74.9 cm³/mol. The molecular formula is C13H21ClN2S. The topological polar surface area (TPSA) is 24.9 Å². The van der Waals surface area contributed by atoms with Crippen LogP contribution in [0.2, 0.25) is 0 Å². The summed E-state index contributed by atoms with van der Waals surface area (Å²) < 4.78 is 0. The highest BCUT2D eigenvalue weighted by molar-refractivity contribution is 7.11. The standard InChI is InChI=1S/C13H21ClN2S/c1-9-10(2)17-13(16-9)8-15-12-6-4-3-5-11(12)7-14/h11-12,15H,3-8H2,1-2H3. The lowest BCUT2D eigenvalue weighted by molar-refractivity contribution is 0.282. The van der Waals surface area contributed by atoms with Crippen LogP contribution in [0.15, 0.2) is 0 Å². The first-order chi connectivity index (χ1) is 8.20. The fourth-order valence-corrected chi connectivity index (χ4v) is 3.75. The number of rotatable bonds is 4. The summed E-state index contributed by atoms with van der Waals surface area (Å²) >= 11 is 7.84. The van der Waals surface area contributed by atoms with Crippen LogP contribution in [0.25, 0.3) is 0 Å². The van der Waals surface area contributed by atoms with Gasteiger partial charge >= 0.3 is 0 Å². The van der Waals surface area contributed by atoms with E-state index in [1.54, 1.807) is 11.3 Å². The van der Waals surface area contributed by atoms with Crippen molar-refractivity contribution >= 4 is 22.9 Å². The fraction of sp³-hybridized carbons (Fsp3) is 0.769. The third kappa shape index (κ3) is 3.43. The Morgan fingerprint density at radius 1 is 1.35 bits per heavy atom. The summed E-state index contributed by atoms with van der Waals surface area (Å²) in [4.78, 5) is 5.90. The van der Waals surface area contributed by atoms with E-state index in [0.29, 0.717) is 12.0 Å². The molecule has 0 aromatic carbocycles. The van der Waals surface area contributed by atoms with Crippen LogP contribution in [0.5, 0.6) is 0 Å². The minimum absolute atomic E-state index is 0.589. The maximum atomic E-state index is 6.03. The third-order valence-electron chi connectivity index (χ3n) is 3.70. The van der Waals surface area contributed by atoms with Gasteiger partial charge in [0.2, 0.25) is 0 Å². The first kappa shape index (κ1) is 13.3. The van der Waals surface area contributed by atoms with Gasteiger partial charge in [0, 0.05) is 23.3 Å². The Bertz CT molecular complexity index is 345. The lowest BCUT2D eigenvalue weighted by Gasteiger charge is -2.30. The molecule has 0 saturated heterocycles. The van der Waals surface area contributed by atoms with E-state index < -0.39 is 0 Å². The number of aromatic nitrogens is 1. The molecule has 0 spiro atoms. The molecule has 0 amide bonds. The number of hydrogen-bond acceptors (Lipinski definition) is 3. The highest BCUT2D eigenvalue weighted by atomic mass is 35.5. The normalized spacial score (nSPS) is 25.1. The maximum absolute atomic E-state index is 6.03. The van der Waals surface area contributed by atoms with Gasteiger partial charge in [0.25, 0.3) is 0 Å². The van der Waals surface area contributed by atoms with Crippen molar-refractivity contribution in [2.45, 2.75) is 52.1 Å². The van der Waals surface area contributed by atoms with Crippen molar-refractivity contribution in [2.24, 2.45) is 5.92 Å². The van der Waals surface area contributed by atoms with Crippen molar-refractivity contribution in [3.8, 4) is 0 Å². The van der Waals surface area contributed by atoms with Crippen LogP contribution < -0.4 is 5.32 Å². The minimum atomic E-state index is 0.589. The molecule has 1 saturated carbocycles. The first-order valence-electron chi connectivity index (χ1n) is 6.43. The van der Waals surface area contributed by atoms with E-state index in [1.807, 2.05) is 0 Å². The van der Waals surface area contributed by atoms with E-state index in [0.717, 1.165) is 12.4 Å². The van der Waals surface area contributed by atoms with Crippen LogP contribution in [-0.2, 0) is 6.54 Å². The Hall–Kier alpha value is -0.120.